The lowest BCUT2D eigenvalue weighted by molar-refractivity contribution is -0.00570. The molecular formula is C25H27N7O4. The molecule has 11 nitrogen and oxygen atoms in total. The number of nitrogens with zero attached hydrogens (tertiary/aromatic N) is 5. The SMILES string of the molecule is CCN1CNc2c(OC)cc(C(=O)N3CCC4(CC3)CC(=O)c3cc(-c5nn[nH]n5)ccc3O4)cc21. The van der Waals surface area contributed by atoms with Crippen LogP contribution in [0.25, 0.3) is 11.4 Å². The second-order valence-corrected chi connectivity index (χ2v) is 9.39. The third-order valence-electron chi connectivity index (χ3n) is 7.37. The van der Waals surface area contributed by atoms with E-state index in [1.807, 2.05) is 17.0 Å². The Bertz CT molecular complexity index is 1330. The first-order valence-electron chi connectivity index (χ1n) is 12.1. The number of H-pyrrole nitrogens is 1. The van der Waals surface area contributed by atoms with Crippen LogP contribution in [0.3, 0.4) is 0 Å². The Hall–Kier alpha value is -4.15. The minimum atomic E-state index is -0.604. The van der Waals surface area contributed by atoms with Gasteiger partial charge in [-0.05, 0) is 42.5 Å². The molecule has 2 N–H and O–H groups in total. The highest BCUT2D eigenvalue weighted by Gasteiger charge is 2.44. The van der Waals surface area contributed by atoms with Gasteiger partial charge in [-0.1, -0.05) is 0 Å². The fourth-order valence-corrected chi connectivity index (χ4v) is 5.35. The van der Waals surface area contributed by atoms with Gasteiger partial charge in [-0.2, -0.15) is 5.21 Å². The summed E-state index contributed by atoms with van der Waals surface area (Å²) in [5.41, 5.74) is 3.13. The van der Waals surface area contributed by atoms with Crippen LogP contribution in [-0.4, -0.2) is 76.2 Å². The van der Waals surface area contributed by atoms with Crippen LogP contribution in [0, 0.1) is 0 Å². The zero-order valence-corrected chi connectivity index (χ0v) is 20.2. The fourth-order valence-electron chi connectivity index (χ4n) is 5.35. The summed E-state index contributed by atoms with van der Waals surface area (Å²) in [6.07, 6.45) is 1.45. The number of hydrogen-bond donors (Lipinski definition) is 2. The van der Waals surface area contributed by atoms with Crippen molar-refractivity contribution in [2.75, 3.05) is 43.6 Å². The van der Waals surface area contributed by atoms with Gasteiger partial charge >= 0.3 is 0 Å². The molecule has 0 bridgehead atoms. The van der Waals surface area contributed by atoms with E-state index in [0.29, 0.717) is 66.6 Å². The third-order valence-corrected chi connectivity index (χ3v) is 7.37. The summed E-state index contributed by atoms with van der Waals surface area (Å²) in [6, 6.07) is 9.11. The number of aromatic nitrogens is 4. The van der Waals surface area contributed by atoms with Crippen molar-refractivity contribution in [3.8, 4) is 22.9 Å². The van der Waals surface area contributed by atoms with Gasteiger partial charge in [-0.3, -0.25) is 9.59 Å². The molecule has 0 atom stereocenters. The maximum absolute atomic E-state index is 13.5. The van der Waals surface area contributed by atoms with Crippen LogP contribution in [-0.2, 0) is 0 Å². The normalized spacial score (nSPS) is 17.9. The molecule has 186 valence electrons. The number of ether oxygens (including phenoxy) is 2. The fraction of sp³-hybridized carbons (Fsp3) is 0.400. The molecule has 4 heterocycles. The van der Waals surface area contributed by atoms with E-state index in [0.717, 1.165) is 17.9 Å². The van der Waals surface area contributed by atoms with Crippen LogP contribution >= 0.6 is 0 Å². The second-order valence-electron chi connectivity index (χ2n) is 9.39. The Kier molecular flexibility index (Phi) is 5.27. The van der Waals surface area contributed by atoms with Crippen molar-refractivity contribution >= 4 is 23.1 Å². The van der Waals surface area contributed by atoms with E-state index in [2.05, 4.69) is 37.8 Å². The van der Waals surface area contributed by atoms with E-state index >= 15 is 0 Å². The zero-order valence-electron chi connectivity index (χ0n) is 20.2. The third kappa shape index (κ3) is 3.62. The lowest BCUT2D eigenvalue weighted by Gasteiger charge is -2.44. The van der Waals surface area contributed by atoms with Crippen molar-refractivity contribution in [2.24, 2.45) is 0 Å². The predicted molar refractivity (Wildman–Crippen MR) is 132 cm³/mol. The maximum Gasteiger partial charge on any atom is 0.254 e. The van der Waals surface area contributed by atoms with E-state index in [1.54, 1.807) is 25.3 Å². The highest BCUT2D eigenvalue weighted by Crippen LogP contribution is 2.42. The molecule has 2 aromatic carbocycles. The summed E-state index contributed by atoms with van der Waals surface area (Å²) in [6.45, 7) is 4.62. The number of nitrogens with one attached hydrogen (secondary N) is 2. The predicted octanol–water partition coefficient (Wildman–Crippen LogP) is 2.72. The highest BCUT2D eigenvalue weighted by molar-refractivity contribution is 6.01. The number of amides is 1. The quantitative estimate of drug-likeness (QED) is 0.569. The van der Waals surface area contributed by atoms with Gasteiger partial charge in [-0.25, -0.2) is 0 Å². The van der Waals surface area contributed by atoms with E-state index < -0.39 is 5.60 Å². The van der Waals surface area contributed by atoms with Crippen molar-refractivity contribution in [1.82, 2.24) is 25.5 Å². The van der Waals surface area contributed by atoms with Crippen LogP contribution < -0.4 is 19.7 Å². The average Bonchev–Trinajstić information content (AvgIpc) is 3.58. The molecule has 3 aliphatic heterocycles. The summed E-state index contributed by atoms with van der Waals surface area (Å²) in [7, 11) is 1.62. The number of likely N-dealkylation sites (tertiary alicyclic amines) is 1. The Balaban J connectivity index is 1.19. The largest absolute Gasteiger partial charge is 0.494 e. The lowest BCUT2D eigenvalue weighted by Crippen LogP contribution is -2.52. The number of methoxy groups -OCH3 is 1. The second kappa shape index (κ2) is 8.51. The van der Waals surface area contributed by atoms with Gasteiger partial charge in [0.2, 0.25) is 5.82 Å². The molecular weight excluding hydrogens is 462 g/mol. The maximum atomic E-state index is 13.5. The number of benzene rings is 2. The monoisotopic (exact) mass is 489 g/mol. The topological polar surface area (TPSA) is 126 Å². The molecule has 0 unspecified atom stereocenters. The molecule has 11 heteroatoms. The molecule has 1 aromatic heterocycles. The first-order valence-corrected chi connectivity index (χ1v) is 12.1. The van der Waals surface area contributed by atoms with Crippen molar-refractivity contribution in [2.45, 2.75) is 31.8 Å². The standard InChI is InChI=1S/C25H27N7O4/c1-3-31-14-26-22-18(31)11-16(12-21(22)35-2)24(34)32-8-6-25(7-9-32)13-19(33)17-10-15(4-5-20(17)36-25)23-27-29-30-28-23/h4-5,10-12,26H,3,6-9,13-14H2,1-2H3,(H,27,28,29,30). The molecule has 0 saturated carbocycles. The van der Waals surface area contributed by atoms with Crippen LogP contribution in [0.4, 0.5) is 11.4 Å². The van der Waals surface area contributed by atoms with E-state index in [4.69, 9.17) is 9.47 Å². The van der Waals surface area contributed by atoms with Gasteiger partial charge in [0.25, 0.3) is 5.91 Å². The Labute approximate surface area is 207 Å². The van der Waals surface area contributed by atoms with Gasteiger partial charge in [0.05, 0.1) is 31.5 Å². The van der Waals surface area contributed by atoms with Crippen LogP contribution in [0.15, 0.2) is 30.3 Å². The van der Waals surface area contributed by atoms with Crippen molar-refractivity contribution in [1.29, 1.82) is 0 Å². The van der Waals surface area contributed by atoms with Crippen molar-refractivity contribution in [3.63, 3.8) is 0 Å². The van der Waals surface area contributed by atoms with Crippen molar-refractivity contribution in [3.05, 3.63) is 41.5 Å². The number of aromatic amines is 1. The number of Topliss-reactive ketones (excluding diaryl/α,β-unsaturated/α-hetero) is 1. The Morgan fingerprint density at radius 2 is 2.06 bits per heavy atom. The van der Waals surface area contributed by atoms with Gasteiger partial charge in [0, 0.05) is 43.6 Å². The van der Waals surface area contributed by atoms with Gasteiger partial charge in [-0.15, -0.1) is 10.2 Å². The molecule has 6 rings (SSSR count). The zero-order chi connectivity index (χ0) is 24.9. The number of hydrogen-bond acceptors (Lipinski definition) is 9. The molecule has 1 saturated heterocycles. The summed E-state index contributed by atoms with van der Waals surface area (Å²) in [5.74, 6) is 1.64. The average molecular weight is 490 g/mol. The number of rotatable bonds is 4. The smallest absolute Gasteiger partial charge is 0.254 e. The minimum Gasteiger partial charge on any atom is -0.494 e. The highest BCUT2D eigenvalue weighted by atomic mass is 16.5. The van der Waals surface area contributed by atoms with Gasteiger partial charge < -0.3 is 24.6 Å². The van der Waals surface area contributed by atoms with Crippen molar-refractivity contribution < 1.29 is 19.1 Å². The number of carbonyl (C=O) groups is 2. The summed E-state index contributed by atoms with van der Waals surface area (Å²) in [5, 5.41) is 17.3. The first kappa shape index (κ1) is 22.3. The van der Waals surface area contributed by atoms with Crippen LogP contribution in [0.5, 0.6) is 11.5 Å². The lowest BCUT2D eigenvalue weighted by atomic mass is 9.82. The molecule has 36 heavy (non-hydrogen) atoms. The van der Waals surface area contributed by atoms with E-state index in [1.165, 1.54) is 0 Å². The number of ketones is 1. The van der Waals surface area contributed by atoms with Crippen LogP contribution in [0.1, 0.15) is 46.9 Å². The molecule has 1 amide bonds. The molecule has 0 radical (unpaired) electrons. The van der Waals surface area contributed by atoms with Gasteiger partial charge in [0.15, 0.2) is 5.78 Å². The number of anilines is 2. The van der Waals surface area contributed by atoms with E-state index in [9.17, 15) is 9.59 Å². The Morgan fingerprint density at radius 3 is 2.78 bits per heavy atom. The molecule has 3 aromatic rings. The van der Waals surface area contributed by atoms with Gasteiger partial charge in [0.1, 0.15) is 22.8 Å². The Morgan fingerprint density at radius 1 is 1.22 bits per heavy atom. The minimum absolute atomic E-state index is 0.0249. The number of piperidine rings is 1. The number of tetrazole rings is 1. The number of carbonyl (C=O) groups excluding carboxylic acids is 2. The molecule has 1 fully saturated rings. The summed E-state index contributed by atoms with van der Waals surface area (Å²) in [4.78, 5) is 30.6. The molecule has 1 spiro atoms. The molecule has 3 aliphatic rings. The first-order chi connectivity index (χ1) is 17.5. The van der Waals surface area contributed by atoms with E-state index in [-0.39, 0.29) is 18.1 Å². The van der Waals surface area contributed by atoms with Crippen LogP contribution in [0.2, 0.25) is 0 Å². The number of fused-ring (bicyclic) bond motifs is 2. The summed E-state index contributed by atoms with van der Waals surface area (Å²) >= 11 is 0. The molecule has 0 aliphatic carbocycles. The summed E-state index contributed by atoms with van der Waals surface area (Å²) < 4.78 is 12.0.